The fourth-order valence-corrected chi connectivity index (χ4v) is 3.77. The lowest BCUT2D eigenvalue weighted by atomic mass is 9.90. The smallest absolute Gasteiger partial charge is 0.130 e. The highest BCUT2D eigenvalue weighted by Gasteiger charge is 2.19. The van der Waals surface area contributed by atoms with E-state index in [1.54, 1.807) is 0 Å². The fraction of sp³-hybridized carbons (Fsp3) is 0.308. The van der Waals surface area contributed by atoms with Gasteiger partial charge in [-0.05, 0) is 52.8 Å². The molecular weight excluding hydrogens is 350 g/mol. The number of hydrogen-bond donors (Lipinski definition) is 0. The van der Waals surface area contributed by atoms with Crippen LogP contribution in [0.1, 0.15) is 61.8 Å². The number of rotatable bonds is 7. The van der Waals surface area contributed by atoms with Gasteiger partial charge in [0.25, 0.3) is 0 Å². The summed E-state index contributed by atoms with van der Waals surface area (Å²) in [6.45, 7) is 6.04. The van der Waals surface area contributed by atoms with Gasteiger partial charge in [-0.2, -0.15) is 0 Å². The van der Waals surface area contributed by atoms with Crippen molar-refractivity contribution in [2.75, 3.05) is 0 Å². The van der Waals surface area contributed by atoms with Gasteiger partial charge in [0.15, 0.2) is 0 Å². The lowest BCUT2D eigenvalue weighted by Crippen LogP contribution is -2.04. The van der Waals surface area contributed by atoms with Crippen LogP contribution >= 0.6 is 0 Å². The third kappa shape index (κ3) is 4.49. The first kappa shape index (κ1) is 20.3. The van der Waals surface area contributed by atoms with Crippen molar-refractivity contribution in [1.82, 2.24) is 0 Å². The highest BCUT2D eigenvalue weighted by Crippen LogP contribution is 2.31. The summed E-state index contributed by atoms with van der Waals surface area (Å²) in [6.07, 6.45) is 3.78. The molecule has 3 rings (SSSR count). The molecule has 0 radical (unpaired) electrons. The molecule has 0 N–H and O–H groups in total. The van der Waals surface area contributed by atoms with E-state index in [0.29, 0.717) is 6.42 Å². The van der Waals surface area contributed by atoms with Gasteiger partial charge in [-0.15, -0.1) is 0 Å². The summed E-state index contributed by atoms with van der Waals surface area (Å²) in [5.41, 5.74) is 5.38. The molecule has 0 aliphatic heterocycles. The predicted molar refractivity (Wildman–Crippen MR) is 114 cm³/mol. The van der Waals surface area contributed by atoms with Gasteiger partial charge in [-0.25, -0.2) is 8.78 Å². The van der Waals surface area contributed by atoms with Crippen LogP contribution in [0.15, 0.2) is 60.7 Å². The van der Waals surface area contributed by atoms with E-state index in [2.05, 4.69) is 31.2 Å². The molecular formula is C26H28F2. The van der Waals surface area contributed by atoms with E-state index in [4.69, 9.17) is 0 Å². The standard InChI is InChI=1S/C26H28F2/c1-4-6-19-8-10-22(11-9-19)23-14-12-21(13-15-23)18(3)26-24(27)16-20(7-5-2)17-25(26)28/h8-18H,4-7H2,1-3H3. The first-order valence-electron chi connectivity index (χ1n) is 10.2. The van der Waals surface area contributed by atoms with Crippen molar-refractivity contribution >= 4 is 0 Å². The maximum atomic E-state index is 14.6. The summed E-state index contributed by atoms with van der Waals surface area (Å²) >= 11 is 0. The minimum Gasteiger partial charge on any atom is -0.207 e. The van der Waals surface area contributed by atoms with Crippen molar-refractivity contribution in [2.24, 2.45) is 0 Å². The second kappa shape index (κ2) is 9.14. The van der Waals surface area contributed by atoms with Crippen molar-refractivity contribution in [3.8, 4) is 11.1 Å². The third-order valence-corrected chi connectivity index (χ3v) is 5.35. The SMILES string of the molecule is CCCc1ccc(-c2ccc(C(C)c3c(F)cc(CCC)cc3F)cc2)cc1. The summed E-state index contributed by atoms with van der Waals surface area (Å²) in [6, 6.07) is 19.6. The molecule has 0 amide bonds. The van der Waals surface area contributed by atoms with Gasteiger partial charge in [0.1, 0.15) is 11.6 Å². The van der Waals surface area contributed by atoms with Crippen LogP contribution in [0.4, 0.5) is 8.78 Å². The average Bonchev–Trinajstić information content (AvgIpc) is 2.69. The van der Waals surface area contributed by atoms with E-state index >= 15 is 0 Å². The third-order valence-electron chi connectivity index (χ3n) is 5.35. The van der Waals surface area contributed by atoms with Crippen LogP contribution in [-0.2, 0) is 12.8 Å². The molecule has 0 bridgehead atoms. The molecule has 0 aromatic heterocycles. The largest absolute Gasteiger partial charge is 0.207 e. The first-order valence-corrected chi connectivity index (χ1v) is 10.2. The Labute approximate surface area is 167 Å². The van der Waals surface area contributed by atoms with Crippen LogP contribution in [0.25, 0.3) is 11.1 Å². The zero-order valence-corrected chi connectivity index (χ0v) is 16.9. The first-order chi connectivity index (χ1) is 13.5. The van der Waals surface area contributed by atoms with Gasteiger partial charge in [0.2, 0.25) is 0 Å². The Hall–Kier alpha value is -2.48. The Morgan fingerprint density at radius 2 is 1.14 bits per heavy atom. The second-order valence-corrected chi connectivity index (χ2v) is 7.51. The van der Waals surface area contributed by atoms with E-state index in [1.165, 1.54) is 17.7 Å². The molecule has 2 heteroatoms. The van der Waals surface area contributed by atoms with E-state index in [9.17, 15) is 8.78 Å². The quantitative estimate of drug-likeness (QED) is 0.395. The lowest BCUT2D eigenvalue weighted by molar-refractivity contribution is 0.543. The van der Waals surface area contributed by atoms with Crippen LogP contribution < -0.4 is 0 Å². The molecule has 3 aromatic carbocycles. The number of halogens is 2. The normalized spacial score (nSPS) is 12.2. The summed E-state index contributed by atoms with van der Waals surface area (Å²) < 4.78 is 29.2. The highest BCUT2D eigenvalue weighted by molar-refractivity contribution is 5.64. The Bertz CT molecular complexity index is 885. The maximum absolute atomic E-state index is 14.6. The zero-order valence-electron chi connectivity index (χ0n) is 16.9. The highest BCUT2D eigenvalue weighted by atomic mass is 19.1. The van der Waals surface area contributed by atoms with Gasteiger partial charge < -0.3 is 0 Å². The predicted octanol–water partition coefficient (Wildman–Crippen LogP) is 7.69. The Balaban J connectivity index is 1.83. The fourth-order valence-electron chi connectivity index (χ4n) is 3.77. The molecule has 0 saturated carbocycles. The molecule has 0 spiro atoms. The number of hydrogen-bond acceptors (Lipinski definition) is 0. The Morgan fingerprint density at radius 3 is 1.64 bits per heavy atom. The molecule has 28 heavy (non-hydrogen) atoms. The van der Waals surface area contributed by atoms with Crippen molar-refractivity contribution in [3.63, 3.8) is 0 Å². The van der Waals surface area contributed by atoms with Gasteiger partial charge >= 0.3 is 0 Å². The average molecular weight is 379 g/mol. The summed E-state index contributed by atoms with van der Waals surface area (Å²) in [7, 11) is 0. The number of benzene rings is 3. The van der Waals surface area contributed by atoms with Crippen LogP contribution in [0.5, 0.6) is 0 Å². The van der Waals surface area contributed by atoms with Gasteiger partial charge in [-0.1, -0.05) is 82.1 Å². The molecule has 0 heterocycles. The molecule has 0 aliphatic carbocycles. The van der Waals surface area contributed by atoms with Gasteiger partial charge in [0.05, 0.1) is 0 Å². The van der Waals surface area contributed by atoms with Crippen molar-refractivity contribution in [2.45, 2.75) is 52.4 Å². The monoisotopic (exact) mass is 378 g/mol. The molecule has 0 nitrogen and oxygen atoms in total. The van der Waals surface area contributed by atoms with Crippen LogP contribution in [-0.4, -0.2) is 0 Å². The molecule has 3 aromatic rings. The Morgan fingerprint density at radius 1 is 0.679 bits per heavy atom. The van der Waals surface area contributed by atoms with Gasteiger partial charge in [0, 0.05) is 11.5 Å². The zero-order chi connectivity index (χ0) is 20.1. The van der Waals surface area contributed by atoms with E-state index in [0.717, 1.165) is 41.5 Å². The number of aryl methyl sites for hydroxylation is 2. The Kier molecular flexibility index (Phi) is 6.61. The van der Waals surface area contributed by atoms with Crippen molar-refractivity contribution in [1.29, 1.82) is 0 Å². The molecule has 146 valence electrons. The van der Waals surface area contributed by atoms with Crippen LogP contribution in [0.3, 0.4) is 0 Å². The summed E-state index contributed by atoms with van der Waals surface area (Å²) in [5, 5.41) is 0. The van der Waals surface area contributed by atoms with Gasteiger partial charge in [-0.3, -0.25) is 0 Å². The van der Waals surface area contributed by atoms with E-state index in [-0.39, 0.29) is 11.5 Å². The minimum absolute atomic E-state index is 0.150. The second-order valence-electron chi connectivity index (χ2n) is 7.51. The van der Waals surface area contributed by atoms with Crippen LogP contribution in [0, 0.1) is 11.6 Å². The lowest BCUT2D eigenvalue weighted by Gasteiger charge is -2.16. The topological polar surface area (TPSA) is 0 Å². The van der Waals surface area contributed by atoms with E-state index < -0.39 is 11.6 Å². The minimum atomic E-state index is -0.452. The van der Waals surface area contributed by atoms with Crippen LogP contribution in [0.2, 0.25) is 0 Å². The molecule has 0 fully saturated rings. The molecule has 0 aliphatic rings. The molecule has 1 unspecified atom stereocenters. The summed E-state index contributed by atoms with van der Waals surface area (Å²) in [4.78, 5) is 0. The molecule has 0 saturated heterocycles. The van der Waals surface area contributed by atoms with Crippen molar-refractivity contribution in [3.05, 3.63) is 94.6 Å². The maximum Gasteiger partial charge on any atom is 0.130 e. The van der Waals surface area contributed by atoms with E-state index in [1.807, 2.05) is 38.1 Å². The molecule has 1 atom stereocenters. The van der Waals surface area contributed by atoms with Crippen molar-refractivity contribution < 1.29 is 8.78 Å². The summed E-state index contributed by atoms with van der Waals surface area (Å²) in [5.74, 6) is -1.24.